The van der Waals surface area contributed by atoms with Crippen molar-refractivity contribution in [2.45, 2.75) is 57.2 Å². The van der Waals surface area contributed by atoms with Crippen LogP contribution in [0.3, 0.4) is 0 Å². The van der Waals surface area contributed by atoms with Crippen LogP contribution in [0.2, 0.25) is 0 Å². The Morgan fingerprint density at radius 2 is 2.00 bits per heavy atom. The second-order valence-corrected chi connectivity index (χ2v) is 8.08. The molecule has 0 spiro atoms. The molecule has 1 aliphatic heterocycles. The van der Waals surface area contributed by atoms with Crippen LogP contribution in [0.1, 0.15) is 67.1 Å². The summed E-state index contributed by atoms with van der Waals surface area (Å²) in [7, 11) is 1.94. The Kier molecular flexibility index (Phi) is 3.90. The number of nitrogens with one attached hydrogen (secondary N) is 1. The van der Waals surface area contributed by atoms with Crippen LogP contribution in [0, 0.1) is 6.92 Å². The van der Waals surface area contributed by atoms with Gasteiger partial charge in [-0.25, -0.2) is 4.99 Å². The summed E-state index contributed by atoms with van der Waals surface area (Å²) >= 11 is 1.65. The predicted octanol–water partition coefficient (Wildman–Crippen LogP) is 3.61. The first kappa shape index (κ1) is 15.7. The van der Waals surface area contributed by atoms with Crippen LogP contribution < -0.4 is 5.56 Å². The molecule has 128 valence electrons. The van der Waals surface area contributed by atoms with Crippen LogP contribution in [0.15, 0.2) is 16.0 Å². The summed E-state index contributed by atoms with van der Waals surface area (Å²) in [5.74, 6) is 0.830. The van der Waals surface area contributed by atoms with Crippen LogP contribution in [-0.4, -0.2) is 24.6 Å². The molecule has 2 aromatic heterocycles. The summed E-state index contributed by atoms with van der Waals surface area (Å²) in [6.07, 6.45) is 7.86. The van der Waals surface area contributed by atoms with E-state index in [1.807, 2.05) is 29.5 Å². The summed E-state index contributed by atoms with van der Waals surface area (Å²) in [6, 6.07) is 0.366. The molecule has 6 nitrogen and oxygen atoms in total. The molecule has 0 unspecified atom stereocenters. The fourth-order valence-electron chi connectivity index (χ4n) is 3.80. The van der Waals surface area contributed by atoms with Gasteiger partial charge in [0.15, 0.2) is 5.82 Å². The Hall–Kier alpha value is -1.76. The van der Waals surface area contributed by atoms with Gasteiger partial charge in [-0.3, -0.25) is 19.3 Å². The highest BCUT2D eigenvalue weighted by atomic mass is 32.2. The number of aromatic nitrogens is 4. The normalized spacial score (nSPS) is 21.6. The minimum atomic E-state index is -0.0280. The van der Waals surface area contributed by atoms with Gasteiger partial charge in [-0.15, -0.1) is 0 Å². The molecule has 0 aromatic carbocycles. The van der Waals surface area contributed by atoms with E-state index in [9.17, 15) is 4.79 Å². The molecule has 2 aliphatic rings. The summed E-state index contributed by atoms with van der Waals surface area (Å²) in [5, 5.41) is 8.42. The number of aliphatic imine (C=N–C) groups is 1. The van der Waals surface area contributed by atoms with E-state index in [1.165, 1.54) is 19.3 Å². The van der Waals surface area contributed by atoms with Crippen LogP contribution in [0.4, 0.5) is 5.82 Å². The van der Waals surface area contributed by atoms with E-state index < -0.39 is 0 Å². The number of rotatable bonds is 2. The summed E-state index contributed by atoms with van der Waals surface area (Å²) < 4.78 is 3.90. The van der Waals surface area contributed by atoms with Gasteiger partial charge >= 0.3 is 0 Å². The molecule has 4 rings (SSSR count). The quantitative estimate of drug-likeness (QED) is 0.904. The van der Waals surface area contributed by atoms with Gasteiger partial charge in [0, 0.05) is 18.3 Å². The van der Waals surface area contributed by atoms with Crippen molar-refractivity contribution in [2.24, 2.45) is 12.0 Å². The third kappa shape index (κ3) is 2.46. The molecule has 0 saturated heterocycles. The maximum Gasteiger partial charge on any atom is 0.271 e. The van der Waals surface area contributed by atoms with Crippen molar-refractivity contribution in [3.8, 4) is 0 Å². The number of aryl methyl sites for hydroxylation is 1. The number of hydrogen-bond donors (Lipinski definition) is 1. The first-order valence-electron chi connectivity index (χ1n) is 8.61. The van der Waals surface area contributed by atoms with Gasteiger partial charge in [0.25, 0.3) is 5.56 Å². The van der Waals surface area contributed by atoms with Crippen LogP contribution in [0.5, 0.6) is 0 Å². The lowest BCUT2D eigenvalue weighted by molar-refractivity contribution is 0.331. The van der Waals surface area contributed by atoms with E-state index in [0.29, 0.717) is 6.04 Å². The number of thioether (sulfide) groups is 1. The molecule has 3 heterocycles. The van der Waals surface area contributed by atoms with Crippen molar-refractivity contribution >= 4 is 22.6 Å². The first-order chi connectivity index (χ1) is 11.6. The fraction of sp³-hybridized carbons (Fsp3) is 0.588. The van der Waals surface area contributed by atoms with Crippen molar-refractivity contribution in [2.75, 3.05) is 0 Å². The Bertz CT molecular complexity index is 853. The molecule has 1 saturated carbocycles. The Balaban J connectivity index is 1.84. The van der Waals surface area contributed by atoms with Crippen molar-refractivity contribution in [3.05, 3.63) is 33.4 Å². The third-order valence-electron chi connectivity index (χ3n) is 5.25. The average Bonchev–Trinajstić information content (AvgIpc) is 3.08. The highest BCUT2D eigenvalue weighted by Crippen LogP contribution is 2.45. The molecule has 1 atom stereocenters. The number of hydrogen-bond acceptors (Lipinski definition) is 4. The number of nitrogens with zero attached hydrogens (tertiary/aromatic N) is 4. The Labute approximate surface area is 145 Å². The standard InChI is InChI=1S/C17H23N5OS/c1-10-13(9-18-21(10)3)15-14-16(19-11(2)24-15)22(20-17(14)23)12-7-5-4-6-8-12/h9,12,15H,4-8H2,1-3H3,(H,20,23)/t15-/m0/s1. The van der Waals surface area contributed by atoms with Crippen molar-refractivity contribution in [1.82, 2.24) is 19.6 Å². The molecule has 1 fully saturated rings. The van der Waals surface area contributed by atoms with E-state index in [1.54, 1.807) is 11.8 Å². The Morgan fingerprint density at radius 1 is 1.25 bits per heavy atom. The summed E-state index contributed by atoms with van der Waals surface area (Å²) in [5.41, 5.74) is 2.97. The molecule has 0 radical (unpaired) electrons. The topological polar surface area (TPSA) is 68.0 Å². The third-order valence-corrected chi connectivity index (χ3v) is 6.40. The smallest absolute Gasteiger partial charge is 0.271 e. The molecule has 2 aromatic rings. The largest absolute Gasteiger partial charge is 0.273 e. The number of H-pyrrole nitrogens is 1. The Morgan fingerprint density at radius 3 is 2.67 bits per heavy atom. The van der Waals surface area contributed by atoms with Gasteiger partial charge in [-0.05, 0) is 26.7 Å². The zero-order chi connectivity index (χ0) is 16.8. The SMILES string of the molecule is CC1=Nc2c(c(=O)[nH]n2C2CCCCC2)[C@H](c2cnn(C)c2C)S1. The highest BCUT2D eigenvalue weighted by Gasteiger charge is 2.33. The second-order valence-electron chi connectivity index (χ2n) is 6.78. The number of fused-ring (bicyclic) bond motifs is 1. The monoisotopic (exact) mass is 345 g/mol. The van der Waals surface area contributed by atoms with Gasteiger partial charge in [0.05, 0.1) is 28.1 Å². The lowest BCUT2D eigenvalue weighted by atomic mass is 9.95. The molecule has 0 amide bonds. The van der Waals surface area contributed by atoms with E-state index in [2.05, 4.69) is 17.1 Å². The minimum absolute atomic E-state index is 0.00687. The van der Waals surface area contributed by atoms with Crippen molar-refractivity contribution in [1.29, 1.82) is 0 Å². The first-order valence-corrected chi connectivity index (χ1v) is 9.49. The fourth-order valence-corrected chi connectivity index (χ4v) is 4.97. The van der Waals surface area contributed by atoms with Crippen LogP contribution in [-0.2, 0) is 7.05 Å². The van der Waals surface area contributed by atoms with E-state index in [-0.39, 0.29) is 10.8 Å². The minimum Gasteiger partial charge on any atom is -0.273 e. The molecule has 1 N–H and O–H groups in total. The van der Waals surface area contributed by atoms with Gasteiger partial charge < -0.3 is 0 Å². The van der Waals surface area contributed by atoms with Crippen LogP contribution >= 0.6 is 11.8 Å². The van der Waals surface area contributed by atoms with E-state index in [4.69, 9.17) is 4.99 Å². The lowest BCUT2D eigenvalue weighted by Crippen LogP contribution is -2.16. The summed E-state index contributed by atoms with van der Waals surface area (Å²) in [6.45, 7) is 4.07. The second kappa shape index (κ2) is 5.95. The van der Waals surface area contributed by atoms with Gasteiger partial charge in [0.1, 0.15) is 0 Å². The predicted molar refractivity (Wildman–Crippen MR) is 97.3 cm³/mol. The molecular weight excluding hydrogens is 322 g/mol. The zero-order valence-electron chi connectivity index (χ0n) is 14.4. The van der Waals surface area contributed by atoms with Gasteiger partial charge in [-0.2, -0.15) is 5.10 Å². The maximum atomic E-state index is 12.7. The molecular formula is C17H23N5OS. The van der Waals surface area contributed by atoms with Gasteiger partial charge in [-0.1, -0.05) is 31.0 Å². The van der Waals surface area contributed by atoms with Crippen LogP contribution in [0.25, 0.3) is 0 Å². The molecule has 24 heavy (non-hydrogen) atoms. The molecule has 1 aliphatic carbocycles. The summed E-state index contributed by atoms with van der Waals surface area (Å²) in [4.78, 5) is 17.5. The molecule has 7 heteroatoms. The molecule has 0 bridgehead atoms. The highest BCUT2D eigenvalue weighted by molar-refractivity contribution is 8.14. The maximum absolute atomic E-state index is 12.7. The number of aromatic amines is 1. The average molecular weight is 345 g/mol. The van der Waals surface area contributed by atoms with E-state index >= 15 is 0 Å². The van der Waals surface area contributed by atoms with Crippen molar-refractivity contribution in [3.63, 3.8) is 0 Å². The van der Waals surface area contributed by atoms with Crippen molar-refractivity contribution < 1.29 is 0 Å². The van der Waals surface area contributed by atoms with E-state index in [0.717, 1.165) is 40.5 Å². The van der Waals surface area contributed by atoms with Gasteiger partial charge in [0.2, 0.25) is 0 Å². The zero-order valence-corrected chi connectivity index (χ0v) is 15.2. The lowest BCUT2D eigenvalue weighted by Gasteiger charge is -2.26.